The molecule has 4 heteroatoms. The summed E-state index contributed by atoms with van der Waals surface area (Å²) in [5, 5.41) is 11.3. The van der Waals surface area contributed by atoms with E-state index >= 15 is 0 Å². The van der Waals surface area contributed by atoms with E-state index in [4.69, 9.17) is 5.11 Å². The second-order valence-corrected chi connectivity index (χ2v) is 3.23. The van der Waals surface area contributed by atoms with Gasteiger partial charge in [-0.1, -0.05) is 0 Å². The van der Waals surface area contributed by atoms with E-state index in [2.05, 4.69) is 10.2 Å². The van der Waals surface area contributed by atoms with Gasteiger partial charge in [-0.3, -0.25) is 4.79 Å². The van der Waals surface area contributed by atoms with Crippen LogP contribution in [-0.2, 0) is 4.79 Å². The molecule has 1 rings (SSSR count). The van der Waals surface area contributed by atoms with Crippen molar-refractivity contribution in [3.63, 3.8) is 0 Å². The monoisotopic (exact) mass is 172 g/mol. The normalized spacial score (nSPS) is 18.8. The topological polar surface area (TPSA) is 52.6 Å². The third-order valence-corrected chi connectivity index (χ3v) is 2.22. The maximum atomic E-state index is 10.8. The fraction of sp³-hybridized carbons (Fsp3) is 0.875. The van der Waals surface area contributed by atoms with Crippen LogP contribution < -0.4 is 5.32 Å². The summed E-state index contributed by atoms with van der Waals surface area (Å²) < 4.78 is 0. The van der Waals surface area contributed by atoms with Crippen molar-refractivity contribution in [1.29, 1.82) is 0 Å². The lowest BCUT2D eigenvalue weighted by Gasteiger charge is -2.37. The molecule has 1 amide bonds. The molecule has 0 unspecified atom stereocenters. The predicted octanol–water partition coefficient (Wildman–Crippen LogP) is -0.953. The van der Waals surface area contributed by atoms with Crippen LogP contribution in [-0.4, -0.2) is 49.2 Å². The molecule has 1 aliphatic rings. The number of amides is 1. The second-order valence-electron chi connectivity index (χ2n) is 3.23. The van der Waals surface area contributed by atoms with Crippen molar-refractivity contribution in [1.82, 2.24) is 10.2 Å². The van der Waals surface area contributed by atoms with Crippen LogP contribution in [0.1, 0.15) is 6.42 Å². The summed E-state index contributed by atoms with van der Waals surface area (Å²) in [5.74, 6) is 0.525. The number of aliphatic hydroxyl groups excluding tert-OH is 1. The Bertz CT molecular complexity index is 155. The molecule has 70 valence electrons. The SMILES string of the molecule is CNC(=O)CCN1CC(CO)C1. The quantitative estimate of drug-likeness (QED) is 0.574. The molecule has 0 saturated carbocycles. The van der Waals surface area contributed by atoms with E-state index in [1.807, 2.05) is 0 Å². The van der Waals surface area contributed by atoms with Crippen LogP contribution in [0.2, 0.25) is 0 Å². The van der Waals surface area contributed by atoms with Gasteiger partial charge in [0.25, 0.3) is 0 Å². The first-order chi connectivity index (χ1) is 5.76. The van der Waals surface area contributed by atoms with Crippen LogP contribution in [0.3, 0.4) is 0 Å². The van der Waals surface area contributed by atoms with Gasteiger partial charge in [-0.15, -0.1) is 0 Å². The third-order valence-electron chi connectivity index (χ3n) is 2.22. The molecule has 0 aromatic heterocycles. The third kappa shape index (κ3) is 2.46. The molecule has 0 aromatic carbocycles. The Morgan fingerprint density at radius 1 is 1.67 bits per heavy atom. The fourth-order valence-corrected chi connectivity index (χ4v) is 1.36. The molecule has 0 aromatic rings. The number of carbonyl (C=O) groups is 1. The van der Waals surface area contributed by atoms with Gasteiger partial charge in [0.15, 0.2) is 0 Å². The lowest BCUT2D eigenvalue weighted by atomic mass is 10.0. The Balaban J connectivity index is 2.00. The molecular weight excluding hydrogens is 156 g/mol. The summed E-state index contributed by atoms with van der Waals surface area (Å²) in [6.07, 6.45) is 0.564. The zero-order chi connectivity index (χ0) is 8.97. The summed E-state index contributed by atoms with van der Waals surface area (Å²) >= 11 is 0. The second kappa shape index (κ2) is 4.42. The number of carbonyl (C=O) groups excluding carboxylic acids is 1. The maximum Gasteiger partial charge on any atom is 0.221 e. The Morgan fingerprint density at radius 2 is 2.33 bits per heavy atom. The molecule has 12 heavy (non-hydrogen) atoms. The van der Waals surface area contributed by atoms with Crippen LogP contribution in [0.4, 0.5) is 0 Å². The van der Waals surface area contributed by atoms with Crippen molar-refractivity contribution in [2.45, 2.75) is 6.42 Å². The summed E-state index contributed by atoms with van der Waals surface area (Å²) in [6.45, 7) is 2.97. The molecule has 1 heterocycles. The molecule has 1 fully saturated rings. The largest absolute Gasteiger partial charge is 0.396 e. The van der Waals surface area contributed by atoms with Gasteiger partial charge in [0, 0.05) is 45.6 Å². The number of likely N-dealkylation sites (tertiary alicyclic amines) is 1. The number of hydrogen-bond donors (Lipinski definition) is 2. The minimum atomic E-state index is 0.0856. The molecule has 0 atom stereocenters. The van der Waals surface area contributed by atoms with Gasteiger partial charge >= 0.3 is 0 Å². The number of nitrogens with zero attached hydrogens (tertiary/aromatic N) is 1. The van der Waals surface area contributed by atoms with Gasteiger partial charge in [-0.25, -0.2) is 0 Å². The number of aliphatic hydroxyl groups is 1. The highest BCUT2D eigenvalue weighted by Gasteiger charge is 2.25. The highest BCUT2D eigenvalue weighted by atomic mass is 16.3. The van der Waals surface area contributed by atoms with Crippen molar-refractivity contribution in [2.75, 3.05) is 33.3 Å². The standard InChI is InChI=1S/C8H16N2O2/c1-9-8(12)2-3-10-4-7(5-10)6-11/h7,11H,2-6H2,1H3,(H,9,12). The Kier molecular flexibility index (Phi) is 3.49. The van der Waals surface area contributed by atoms with Gasteiger partial charge < -0.3 is 15.3 Å². The van der Waals surface area contributed by atoms with Crippen LogP contribution in [0, 0.1) is 5.92 Å². The number of rotatable bonds is 4. The lowest BCUT2D eigenvalue weighted by Crippen LogP contribution is -2.49. The average molecular weight is 172 g/mol. The maximum absolute atomic E-state index is 10.8. The molecule has 4 nitrogen and oxygen atoms in total. The Morgan fingerprint density at radius 3 is 2.83 bits per heavy atom. The molecule has 0 radical (unpaired) electrons. The van der Waals surface area contributed by atoms with Gasteiger partial charge in [-0.2, -0.15) is 0 Å². The van der Waals surface area contributed by atoms with E-state index in [9.17, 15) is 4.79 Å². The Labute approximate surface area is 72.6 Å². The van der Waals surface area contributed by atoms with Gasteiger partial charge in [-0.05, 0) is 0 Å². The first-order valence-corrected chi connectivity index (χ1v) is 4.30. The molecule has 0 bridgehead atoms. The summed E-state index contributed by atoms with van der Waals surface area (Å²) in [7, 11) is 1.65. The van der Waals surface area contributed by atoms with Crippen LogP contribution in [0.25, 0.3) is 0 Å². The van der Waals surface area contributed by atoms with Gasteiger partial charge in [0.2, 0.25) is 5.91 Å². The van der Waals surface area contributed by atoms with Gasteiger partial charge in [0.05, 0.1) is 0 Å². The highest BCUT2D eigenvalue weighted by molar-refractivity contribution is 5.75. The van der Waals surface area contributed by atoms with Crippen LogP contribution >= 0.6 is 0 Å². The zero-order valence-electron chi connectivity index (χ0n) is 7.42. The van der Waals surface area contributed by atoms with E-state index in [0.717, 1.165) is 19.6 Å². The molecule has 1 aliphatic heterocycles. The Hall–Kier alpha value is -0.610. The molecule has 1 saturated heterocycles. The highest BCUT2D eigenvalue weighted by Crippen LogP contribution is 2.13. The van der Waals surface area contributed by atoms with Gasteiger partial charge in [0.1, 0.15) is 0 Å². The number of hydrogen-bond acceptors (Lipinski definition) is 3. The summed E-state index contributed by atoms with van der Waals surface area (Å²) in [5.41, 5.74) is 0. The molecule has 0 aliphatic carbocycles. The fourth-order valence-electron chi connectivity index (χ4n) is 1.36. The van der Waals surface area contributed by atoms with E-state index in [0.29, 0.717) is 12.3 Å². The average Bonchev–Trinajstić information content (AvgIpc) is 2.01. The summed E-state index contributed by atoms with van der Waals surface area (Å²) in [4.78, 5) is 13.0. The minimum Gasteiger partial charge on any atom is -0.396 e. The smallest absolute Gasteiger partial charge is 0.221 e. The van der Waals surface area contributed by atoms with E-state index in [1.165, 1.54) is 0 Å². The van der Waals surface area contributed by atoms with E-state index in [-0.39, 0.29) is 12.5 Å². The van der Waals surface area contributed by atoms with Crippen molar-refractivity contribution in [3.05, 3.63) is 0 Å². The van der Waals surface area contributed by atoms with Crippen molar-refractivity contribution in [2.24, 2.45) is 5.92 Å². The predicted molar refractivity (Wildman–Crippen MR) is 45.7 cm³/mol. The summed E-state index contributed by atoms with van der Waals surface area (Å²) in [6, 6.07) is 0. The molecule has 2 N–H and O–H groups in total. The van der Waals surface area contributed by atoms with E-state index in [1.54, 1.807) is 7.05 Å². The van der Waals surface area contributed by atoms with Crippen LogP contribution in [0.5, 0.6) is 0 Å². The molecular formula is C8H16N2O2. The van der Waals surface area contributed by atoms with Crippen molar-refractivity contribution in [3.8, 4) is 0 Å². The zero-order valence-corrected chi connectivity index (χ0v) is 7.42. The van der Waals surface area contributed by atoms with Crippen LogP contribution in [0.15, 0.2) is 0 Å². The first kappa shape index (κ1) is 9.48. The lowest BCUT2D eigenvalue weighted by molar-refractivity contribution is -0.121. The van der Waals surface area contributed by atoms with E-state index < -0.39 is 0 Å². The first-order valence-electron chi connectivity index (χ1n) is 4.30. The number of nitrogens with one attached hydrogen (secondary N) is 1. The van der Waals surface area contributed by atoms with Crippen molar-refractivity contribution >= 4 is 5.91 Å². The minimum absolute atomic E-state index is 0.0856. The molecule has 0 spiro atoms. The van der Waals surface area contributed by atoms with Crippen molar-refractivity contribution < 1.29 is 9.90 Å².